The third-order valence-electron chi connectivity index (χ3n) is 3.64. The first-order chi connectivity index (χ1) is 11.8. The molecule has 0 radical (unpaired) electrons. The number of nitrogens with zero attached hydrogens (tertiary/aromatic N) is 1. The van der Waals surface area contributed by atoms with Crippen molar-refractivity contribution in [3.05, 3.63) is 37.1 Å². The first-order valence-corrected chi connectivity index (χ1v) is 8.58. The van der Waals surface area contributed by atoms with Crippen LogP contribution in [0.4, 0.5) is 0 Å². The first-order valence-electron chi connectivity index (χ1n) is 7.07. The van der Waals surface area contributed by atoms with Crippen LogP contribution in [-0.2, 0) is 14.9 Å². The maximum absolute atomic E-state index is 11.3. The average molecular weight is 373 g/mol. The minimum atomic E-state index is -4.85. The second-order valence-corrected chi connectivity index (χ2v) is 6.89. The molecule has 0 bridgehead atoms. The van der Waals surface area contributed by atoms with Crippen molar-refractivity contribution in [2.24, 2.45) is 0 Å². The SMILES string of the molecule is O=S(=O)(O)C1O[C@@H](Oc2cncc(-c3ccoc3)c2)[C@H](O)[C@@H](O)[C@@H]1O. The Morgan fingerprint density at radius 3 is 2.48 bits per heavy atom. The zero-order valence-electron chi connectivity index (χ0n) is 12.5. The van der Waals surface area contributed by atoms with Crippen molar-refractivity contribution < 1.29 is 42.2 Å². The lowest BCUT2D eigenvalue weighted by atomic mass is 10.1. The molecule has 1 unspecified atom stereocenters. The molecule has 1 aliphatic rings. The van der Waals surface area contributed by atoms with E-state index < -0.39 is 40.2 Å². The van der Waals surface area contributed by atoms with Crippen molar-refractivity contribution in [1.29, 1.82) is 0 Å². The van der Waals surface area contributed by atoms with Crippen LogP contribution in [0.5, 0.6) is 5.75 Å². The van der Waals surface area contributed by atoms with Gasteiger partial charge in [-0.15, -0.1) is 0 Å². The number of hydrogen-bond donors (Lipinski definition) is 4. The summed E-state index contributed by atoms with van der Waals surface area (Å²) in [4.78, 5) is 3.95. The number of furan rings is 1. The highest BCUT2D eigenvalue weighted by atomic mass is 32.2. The Hall–Kier alpha value is -2.02. The Morgan fingerprint density at radius 2 is 1.84 bits per heavy atom. The maximum atomic E-state index is 11.3. The summed E-state index contributed by atoms with van der Waals surface area (Å²) in [6, 6.07) is 3.20. The van der Waals surface area contributed by atoms with E-state index >= 15 is 0 Å². The molecule has 2 aromatic rings. The van der Waals surface area contributed by atoms with Gasteiger partial charge in [-0.25, -0.2) is 0 Å². The highest BCUT2D eigenvalue weighted by molar-refractivity contribution is 7.86. The van der Waals surface area contributed by atoms with Crippen LogP contribution in [0.25, 0.3) is 11.1 Å². The number of aliphatic hydroxyl groups excluding tert-OH is 3. The Labute approximate surface area is 142 Å². The second-order valence-electron chi connectivity index (χ2n) is 5.40. The minimum absolute atomic E-state index is 0.0976. The second kappa shape index (κ2) is 6.71. The van der Waals surface area contributed by atoms with Crippen LogP contribution in [0, 0.1) is 0 Å². The number of hydrogen-bond acceptors (Lipinski definition) is 9. The molecule has 2 aromatic heterocycles. The van der Waals surface area contributed by atoms with Crippen molar-refractivity contribution in [3.8, 4) is 16.9 Å². The predicted molar refractivity (Wildman–Crippen MR) is 80.8 cm³/mol. The summed E-state index contributed by atoms with van der Waals surface area (Å²) in [5.41, 5.74) is -0.848. The van der Waals surface area contributed by atoms with E-state index in [-0.39, 0.29) is 5.75 Å². The molecular formula is C14H15NO9S. The lowest BCUT2D eigenvalue weighted by molar-refractivity contribution is -0.254. The standard InChI is InChI=1S/C14H15NO9S/c16-10-11(17)13(24-14(12(10)18)25(19,20)21)23-9-3-8(4-15-5-9)7-1-2-22-6-7/h1-6,10-14,16-18H,(H,19,20,21)/t10-,11-,12+,13-,14?/m1/s1. The van der Waals surface area contributed by atoms with Crippen LogP contribution in [0.1, 0.15) is 0 Å². The van der Waals surface area contributed by atoms with E-state index in [0.29, 0.717) is 11.1 Å². The van der Waals surface area contributed by atoms with Gasteiger partial charge in [-0.2, -0.15) is 8.42 Å². The molecule has 5 atom stereocenters. The zero-order valence-corrected chi connectivity index (χ0v) is 13.4. The van der Waals surface area contributed by atoms with Gasteiger partial charge in [-0.1, -0.05) is 0 Å². The van der Waals surface area contributed by atoms with Crippen LogP contribution in [0.3, 0.4) is 0 Å². The maximum Gasteiger partial charge on any atom is 0.295 e. The highest BCUT2D eigenvalue weighted by Crippen LogP contribution is 2.28. The quantitative estimate of drug-likeness (QED) is 0.508. The topological polar surface area (TPSA) is 160 Å². The number of aromatic nitrogens is 1. The molecule has 136 valence electrons. The molecule has 1 fully saturated rings. The van der Waals surface area contributed by atoms with Gasteiger partial charge in [0.1, 0.15) is 24.1 Å². The summed E-state index contributed by atoms with van der Waals surface area (Å²) in [5.74, 6) is 0.0976. The molecule has 0 amide bonds. The largest absolute Gasteiger partial charge is 0.472 e. The molecule has 4 N–H and O–H groups in total. The fraction of sp³-hybridized carbons (Fsp3) is 0.357. The molecule has 11 heteroatoms. The lowest BCUT2D eigenvalue weighted by Crippen LogP contribution is -2.61. The molecule has 10 nitrogen and oxygen atoms in total. The van der Waals surface area contributed by atoms with Crippen LogP contribution >= 0.6 is 0 Å². The number of pyridine rings is 1. The molecule has 3 heterocycles. The first kappa shape index (κ1) is 17.8. The molecule has 0 saturated carbocycles. The molecule has 1 aliphatic heterocycles. The van der Waals surface area contributed by atoms with E-state index in [2.05, 4.69) is 4.98 Å². The Kier molecular flexibility index (Phi) is 4.77. The van der Waals surface area contributed by atoms with E-state index in [1.807, 2.05) is 0 Å². The van der Waals surface area contributed by atoms with Gasteiger partial charge in [0.05, 0.1) is 18.7 Å². The van der Waals surface area contributed by atoms with Crippen LogP contribution < -0.4 is 4.74 Å². The van der Waals surface area contributed by atoms with E-state index in [4.69, 9.17) is 18.4 Å². The third kappa shape index (κ3) is 3.66. The fourth-order valence-electron chi connectivity index (χ4n) is 2.37. The van der Waals surface area contributed by atoms with Crippen LogP contribution in [0.15, 0.2) is 41.5 Å². The Morgan fingerprint density at radius 1 is 1.08 bits per heavy atom. The van der Waals surface area contributed by atoms with Gasteiger partial charge in [0.15, 0.2) is 0 Å². The van der Waals surface area contributed by atoms with Crippen molar-refractivity contribution in [1.82, 2.24) is 4.98 Å². The van der Waals surface area contributed by atoms with Gasteiger partial charge < -0.3 is 29.2 Å². The van der Waals surface area contributed by atoms with Gasteiger partial charge in [0.2, 0.25) is 11.7 Å². The minimum Gasteiger partial charge on any atom is -0.472 e. The molecule has 0 spiro atoms. The highest BCUT2D eigenvalue weighted by Gasteiger charge is 2.50. The predicted octanol–water partition coefficient (Wildman–Crippen LogP) is -0.627. The molecular weight excluding hydrogens is 358 g/mol. The van der Waals surface area contributed by atoms with E-state index in [0.717, 1.165) is 0 Å². The van der Waals surface area contributed by atoms with E-state index in [1.165, 1.54) is 31.0 Å². The zero-order chi connectivity index (χ0) is 18.2. The molecule has 25 heavy (non-hydrogen) atoms. The third-order valence-corrected chi connectivity index (χ3v) is 4.62. The van der Waals surface area contributed by atoms with E-state index in [1.54, 1.807) is 6.07 Å². The summed E-state index contributed by atoms with van der Waals surface area (Å²) < 4.78 is 46.8. The van der Waals surface area contributed by atoms with Gasteiger partial charge in [0.25, 0.3) is 10.1 Å². The van der Waals surface area contributed by atoms with Gasteiger partial charge in [-0.05, 0) is 12.1 Å². The van der Waals surface area contributed by atoms with Gasteiger partial charge in [-0.3, -0.25) is 9.54 Å². The monoisotopic (exact) mass is 373 g/mol. The van der Waals surface area contributed by atoms with E-state index in [9.17, 15) is 23.7 Å². The van der Waals surface area contributed by atoms with Crippen molar-refractivity contribution >= 4 is 10.1 Å². The molecule has 0 aromatic carbocycles. The summed E-state index contributed by atoms with van der Waals surface area (Å²) in [7, 11) is -4.85. The van der Waals surface area contributed by atoms with Gasteiger partial charge >= 0.3 is 0 Å². The summed E-state index contributed by atoms with van der Waals surface area (Å²) in [6.07, 6.45) is -1.63. The van der Waals surface area contributed by atoms with Gasteiger partial charge in [0, 0.05) is 17.3 Å². The van der Waals surface area contributed by atoms with Crippen LogP contribution in [-0.4, -0.2) is 63.3 Å². The lowest BCUT2D eigenvalue weighted by Gasteiger charge is -2.38. The number of aliphatic hydroxyl groups is 3. The molecule has 1 saturated heterocycles. The van der Waals surface area contributed by atoms with Crippen LogP contribution in [0.2, 0.25) is 0 Å². The average Bonchev–Trinajstić information content (AvgIpc) is 3.09. The number of rotatable bonds is 4. The fourth-order valence-corrected chi connectivity index (χ4v) is 3.13. The summed E-state index contributed by atoms with van der Waals surface area (Å²) in [5, 5.41) is 29.3. The Bertz CT molecular complexity index is 823. The smallest absolute Gasteiger partial charge is 0.295 e. The number of ether oxygens (including phenoxy) is 2. The molecule has 0 aliphatic carbocycles. The summed E-state index contributed by atoms with van der Waals surface area (Å²) >= 11 is 0. The van der Waals surface area contributed by atoms with Crippen molar-refractivity contribution in [2.75, 3.05) is 0 Å². The molecule has 3 rings (SSSR count). The van der Waals surface area contributed by atoms with Crippen molar-refractivity contribution in [2.45, 2.75) is 30.0 Å². The normalized spacial score (nSPS) is 30.2. The van der Waals surface area contributed by atoms with Crippen molar-refractivity contribution in [3.63, 3.8) is 0 Å². The Balaban J connectivity index is 1.83. The summed E-state index contributed by atoms with van der Waals surface area (Å²) in [6.45, 7) is 0.